The molecule has 1 aliphatic rings. The highest BCUT2D eigenvalue weighted by molar-refractivity contribution is 5.94. The summed E-state index contributed by atoms with van der Waals surface area (Å²) in [5, 5.41) is 0. The summed E-state index contributed by atoms with van der Waals surface area (Å²) in [7, 11) is 2.93. The van der Waals surface area contributed by atoms with Crippen LogP contribution < -0.4 is 4.74 Å². The zero-order valence-electron chi connectivity index (χ0n) is 26.4. The maximum absolute atomic E-state index is 12.5. The largest absolute Gasteiger partial charge is 0.496 e. The number of rotatable bonds is 16. The second-order valence-corrected chi connectivity index (χ2v) is 11.5. The molecule has 3 aromatic rings. The lowest BCUT2D eigenvalue weighted by Gasteiger charge is -2.41. The maximum atomic E-state index is 12.5. The maximum Gasteiger partial charge on any atom is 0.341 e. The van der Waals surface area contributed by atoms with Gasteiger partial charge in [-0.15, -0.1) is 0 Å². The summed E-state index contributed by atoms with van der Waals surface area (Å²) in [5.74, 6) is -0.617. The zero-order valence-corrected chi connectivity index (χ0v) is 26.4. The van der Waals surface area contributed by atoms with Gasteiger partial charge in [0.05, 0.1) is 45.7 Å². The number of ether oxygens (including phenoxy) is 6. The van der Waals surface area contributed by atoms with Crippen LogP contribution in [0.4, 0.5) is 0 Å². The quantitative estimate of drug-likeness (QED) is 0.0957. The summed E-state index contributed by atoms with van der Waals surface area (Å²) in [6, 6.07) is 25.9. The third-order valence-electron chi connectivity index (χ3n) is 7.57. The molecule has 0 aliphatic carbocycles. The van der Waals surface area contributed by atoms with Gasteiger partial charge in [0.15, 0.2) is 5.79 Å². The first kappa shape index (κ1) is 33.4. The molecule has 236 valence electrons. The standard InChI is InChI=1S/C37H46O7/c1-37(2)43-32(21-13-23-41-26-28-14-7-5-8-15-28)25-33(44-37)24-31(42-27-29-16-9-6-10-17-29)20-11-18-30-19-12-22-34(39-3)35(30)36(38)40-4/h5-12,14-17,19-20,22,31-33H,13,18,21,23-27H2,1-4H3/b20-11+/t31-,32-,33+/m0/s1. The van der Waals surface area contributed by atoms with E-state index in [0.717, 1.165) is 30.4 Å². The molecule has 7 heteroatoms. The molecule has 0 aromatic heterocycles. The topological polar surface area (TPSA) is 72.5 Å². The molecule has 3 aromatic carbocycles. The lowest BCUT2D eigenvalue weighted by atomic mass is 9.98. The predicted octanol–water partition coefficient (Wildman–Crippen LogP) is 7.46. The van der Waals surface area contributed by atoms with Crippen LogP contribution in [0.3, 0.4) is 0 Å². The highest BCUT2D eigenvalue weighted by atomic mass is 16.7. The van der Waals surface area contributed by atoms with Gasteiger partial charge in [0.25, 0.3) is 0 Å². The second kappa shape index (κ2) is 17.1. The Kier molecular flexibility index (Phi) is 13.0. The molecule has 0 amide bonds. The van der Waals surface area contributed by atoms with E-state index in [-0.39, 0.29) is 18.3 Å². The van der Waals surface area contributed by atoms with Crippen LogP contribution in [0.25, 0.3) is 0 Å². The Hall–Kier alpha value is -3.49. The lowest BCUT2D eigenvalue weighted by Crippen LogP contribution is -2.45. The van der Waals surface area contributed by atoms with Gasteiger partial charge in [0, 0.05) is 19.4 Å². The lowest BCUT2D eigenvalue weighted by molar-refractivity contribution is -0.303. The average molecular weight is 603 g/mol. The Labute approximate surface area is 262 Å². The molecule has 0 unspecified atom stereocenters. The smallest absolute Gasteiger partial charge is 0.341 e. The van der Waals surface area contributed by atoms with E-state index < -0.39 is 11.8 Å². The molecule has 4 rings (SSSR count). The number of carbonyl (C=O) groups excluding carboxylic acids is 1. The van der Waals surface area contributed by atoms with Gasteiger partial charge >= 0.3 is 5.97 Å². The first-order valence-corrected chi connectivity index (χ1v) is 15.4. The van der Waals surface area contributed by atoms with Crippen LogP contribution in [-0.4, -0.2) is 50.9 Å². The normalized spacial score (nSPS) is 18.6. The Morgan fingerprint density at radius 3 is 2.27 bits per heavy atom. The van der Waals surface area contributed by atoms with E-state index in [1.165, 1.54) is 12.7 Å². The Morgan fingerprint density at radius 2 is 1.59 bits per heavy atom. The van der Waals surface area contributed by atoms with Crippen LogP contribution >= 0.6 is 0 Å². The molecular weight excluding hydrogens is 556 g/mol. The molecule has 0 N–H and O–H groups in total. The predicted molar refractivity (Wildman–Crippen MR) is 171 cm³/mol. The van der Waals surface area contributed by atoms with E-state index in [1.54, 1.807) is 13.2 Å². The minimum absolute atomic E-state index is 0.0399. The third kappa shape index (κ3) is 10.6. The van der Waals surface area contributed by atoms with Crippen molar-refractivity contribution in [3.63, 3.8) is 0 Å². The van der Waals surface area contributed by atoms with E-state index in [2.05, 4.69) is 30.3 Å². The molecule has 44 heavy (non-hydrogen) atoms. The van der Waals surface area contributed by atoms with E-state index >= 15 is 0 Å². The number of hydrogen-bond acceptors (Lipinski definition) is 7. The Morgan fingerprint density at radius 1 is 0.909 bits per heavy atom. The van der Waals surface area contributed by atoms with Crippen molar-refractivity contribution in [2.75, 3.05) is 20.8 Å². The van der Waals surface area contributed by atoms with Crippen molar-refractivity contribution in [3.8, 4) is 5.75 Å². The second-order valence-electron chi connectivity index (χ2n) is 11.5. The summed E-state index contributed by atoms with van der Waals surface area (Å²) in [5.41, 5.74) is 3.55. The molecule has 1 saturated heterocycles. The van der Waals surface area contributed by atoms with Crippen molar-refractivity contribution in [3.05, 3.63) is 113 Å². The minimum atomic E-state index is -0.692. The van der Waals surface area contributed by atoms with E-state index in [4.69, 9.17) is 28.4 Å². The van der Waals surface area contributed by atoms with Crippen LogP contribution in [-0.2, 0) is 43.3 Å². The number of methoxy groups -OCH3 is 2. The fourth-order valence-corrected chi connectivity index (χ4v) is 5.55. The molecule has 1 aliphatic heterocycles. The van der Waals surface area contributed by atoms with Gasteiger partial charge in [-0.1, -0.05) is 84.9 Å². The van der Waals surface area contributed by atoms with Gasteiger partial charge in [-0.05, 0) is 55.9 Å². The van der Waals surface area contributed by atoms with E-state index in [9.17, 15) is 4.79 Å². The van der Waals surface area contributed by atoms with Crippen molar-refractivity contribution in [2.24, 2.45) is 0 Å². The molecule has 1 fully saturated rings. The van der Waals surface area contributed by atoms with Crippen molar-refractivity contribution in [1.82, 2.24) is 0 Å². The molecule has 0 saturated carbocycles. The Balaban J connectivity index is 1.38. The third-order valence-corrected chi connectivity index (χ3v) is 7.57. The fraction of sp³-hybridized carbons (Fsp3) is 0.432. The summed E-state index contributed by atoms with van der Waals surface area (Å²) < 4.78 is 35.5. The molecule has 0 spiro atoms. The molecule has 1 heterocycles. The van der Waals surface area contributed by atoms with Gasteiger partial charge < -0.3 is 28.4 Å². The molecule has 3 atom stereocenters. The summed E-state index contributed by atoms with van der Waals surface area (Å²) in [6.07, 6.45) is 7.75. The van der Waals surface area contributed by atoms with Gasteiger partial charge in [0.1, 0.15) is 11.3 Å². The van der Waals surface area contributed by atoms with E-state index in [0.29, 0.717) is 44.0 Å². The highest BCUT2D eigenvalue weighted by Crippen LogP contribution is 2.32. The van der Waals surface area contributed by atoms with Crippen LogP contribution in [0.15, 0.2) is 91.0 Å². The Bertz CT molecular complexity index is 1310. The van der Waals surface area contributed by atoms with Crippen molar-refractivity contribution in [2.45, 2.75) is 83.3 Å². The molecule has 0 bridgehead atoms. The van der Waals surface area contributed by atoms with Crippen LogP contribution in [0, 0.1) is 0 Å². The number of carbonyl (C=O) groups is 1. The number of benzene rings is 3. The fourth-order valence-electron chi connectivity index (χ4n) is 5.55. The minimum Gasteiger partial charge on any atom is -0.496 e. The summed E-state index contributed by atoms with van der Waals surface area (Å²) in [4.78, 5) is 12.5. The van der Waals surface area contributed by atoms with Crippen LogP contribution in [0.2, 0.25) is 0 Å². The molecular formula is C37H46O7. The van der Waals surface area contributed by atoms with Gasteiger partial charge in [-0.3, -0.25) is 0 Å². The van der Waals surface area contributed by atoms with E-state index in [1.807, 2.05) is 68.5 Å². The van der Waals surface area contributed by atoms with Crippen molar-refractivity contribution in [1.29, 1.82) is 0 Å². The van der Waals surface area contributed by atoms with Crippen LogP contribution in [0.1, 0.15) is 66.6 Å². The monoisotopic (exact) mass is 602 g/mol. The SMILES string of the molecule is COC(=O)c1c(C/C=C/[C@@H](C[C@@H]2C[C@H](CCCOCc3ccccc3)OC(C)(C)O2)OCc2ccccc2)cccc1OC. The van der Waals surface area contributed by atoms with Crippen molar-refractivity contribution < 1.29 is 33.2 Å². The average Bonchev–Trinajstić information content (AvgIpc) is 3.03. The first-order chi connectivity index (χ1) is 21.4. The number of allylic oxidation sites excluding steroid dienone is 1. The molecule has 0 radical (unpaired) electrons. The number of esters is 1. The summed E-state index contributed by atoms with van der Waals surface area (Å²) in [6.45, 7) is 5.74. The summed E-state index contributed by atoms with van der Waals surface area (Å²) >= 11 is 0. The zero-order chi connectivity index (χ0) is 31.2. The van der Waals surface area contributed by atoms with Gasteiger partial charge in [-0.25, -0.2) is 4.79 Å². The van der Waals surface area contributed by atoms with Gasteiger partial charge in [0.2, 0.25) is 0 Å². The number of hydrogen-bond donors (Lipinski definition) is 0. The first-order valence-electron chi connectivity index (χ1n) is 15.4. The molecule has 7 nitrogen and oxygen atoms in total. The van der Waals surface area contributed by atoms with Gasteiger partial charge in [-0.2, -0.15) is 0 Å². The van der Waals surface area contributed by atoms with Crippen molar-refractivity contribution >= 4 is 5.97 Å². The highest BCUT2D eigenvalue weighted by Gasteiger charge is 2.36. The van der Waals surface area contributed by atoms with Crippen LogP contribution in [0.5, 0.6) is 5.75 Å².